The summed E-state index contributed by atoms with van der Waals surface area (Å²) in [5.74, 6) is -0.0948. The van der Waals surface area contributed by atoms with Crippen molar-refractivity contribution < 1.29 is 22.7 Å². The lowest BCUT2D eigenvalue weighted by Crippen LogP contribution is -2.02. The molecule has 102 valence electrons. The lowest BCUT2D eigenvalue weighted by atomic mass is 10.1. The SMILES string of the molecule is O=CNc1ccc(OC(F)F)c2oc3ccncc3c12. The predicted molar refractivity (Wildman–Crippen MR) is 67.8 cm³/mol. The quantitative estimate of drug-likeness (QED) is 0.744. The van der Waals surface area contributed by atoms with Gasteiger partial charge in [-0.1, -0.05) is 0 Å². The Morgan fingerprint density at radius 3 is 2.95 bits per heavy atom. The molecule has 0 radical (unpaired) electrons. The molecule has 3 aromatic rings. The van der Waals surface area contributed by atoms with E-state index in [1.165, 1.54) is 24.5 Å². The highest BCUT2D eigenvalue weighted by atomic mass is 19.3. The van der Waals surface area contributed by atoms with Gasteiger partial charge in [0, 0.05) is 17.8 Å². The molecular formula is C13H8F2N2O3. The van der Waals surface area contributed by atoms with Gasteiger partial charge in [-0.3, -0.25) is 9.78 Å². The number of furan rings is 1. The Hall–Kier alpha value is -2.70. The van der Waals surface area contributed by atoms with E-state index in [0.29, 0.717) is 28.5 Å². The first-order valence-electron chi connectivity index (χ1n) is 5.65. The van der Waals surface area contributed by atoms with E-state index in [2.05, 4.69) is 15.0 Å². The van der Waals surface area contributed by atoms with E-state index in [9.17, 15) is 13.6 Å². The standard InChI is InChI=1S/C13H8F2N2O3/c14-13(15)20-10-2-1-8(17-6-18)11-7-5-16-4-3-9(7)19-12(10)11/h1-6,13H,(H,17,18). The molecule has 0 fully saturated rings. The Balaban J connectivity index is 2.35. The number of aromatic nitrogens is 1. The van der Waals surface area contributed by atoms with E-state index in [4.69, 9.17) is 4.42 Å². The fraction of sp³-hybridized carbons (Fsp3) is 0.0769. The average molecular weight is 278 g/mol. The van der Waals surface area contributed by atoms with Gasteiger partial charge >= 0.3 is 6.61 Å². The van der Waals surface area contributed by atoms with Crippen molar-refractivity contribution in [3.05, 3.63) is 30.6 Å². The van der Waals surface area contributed by atoms with Crippen LogP contribution in [0.1, 0.15) is 0 Å². The van der Waals surface area contributed by atoms with Gasteiger partial charge in [-0.25, -0.2) is 0 Å². The van der Waals surface area contributed by atoms with E-state index >= 15 is 0 Å². The summed E-state index contributed by atoms with van der Waals surface area (Å²) in [5.41, 5.74) is 1.04. The Labute approximate surface area is 111 Å². The number of halogens is 2. The van der Waals surface area contributed by atoms with Crippen molar-refractivity contribution in [3.63, 3.8) is 0 Å². The van der Waals surface area contributed by atoms with E-state index < -0.39 is 6.61 Å². The van der Waals surface area contributed by atoms with E-state index in [1.807, 2.05) is 0 Å². The number of carbonyl (C=O) groups excluding carboxylic acids is 1. The first-order chi connectivity index (χ1) is 9.70. The van der Waals surface area contributed by atoms with Gasteiger partial charge in [-0.05, 0) is 18.2 Å². The van der Waals surface area contributed by atoms with Crippen LogP contribution in [0.25, 0.3) is 21.9 Å². The molecule has 0 aliphatic carbocycles. The highest BCUT2D eigenvalue weighted by molar-refractivity contribution is 6.14. The van der Waals surface area contributed by atoms with Gasteiger partial charge < -0.3 is 14.5 Å². The van der Waals surface area contributed by atoms with Gasteiger partial charge in [-0.2, -0.15) is 8.78 Å². The number of ether oxygens (including phenoxy) is 1. The maximum Gasteiger partial charge on any atom is 0.387 e. The molecule has 0 atom stereocenters. The predicted octanol–water partition coefficient (Wildman–Crippen LogP) is 3.15. The largest absolute Gasteiger partial charge is 0.452 e. The number of anilines is 1. The Morgan fingerprint density at radius 1 is 1.35 bits per heavy atom. The van der Waals surface area contributed by atoms with E-state index in [-0.39, 0.29) is 11.3 Å². The van der Waals surface area contributed by atoms with Crippen LogP contribution in [0.2, 0.25) is 0 Å². The molecule has 20 heavy (non-hydrogen) atoms. The van der Waals surface area contributed by atoms with Crippen molar-refractivity contribution in [3.8, 4) is 5.75 Å². The number of hydrogen-bond acceptors (Lipinski definition) is 4. The molecule has 0 bridgehead atoms. The molecule has 7 heteroatoms. The van der Waals surface area contributed by atoms with Gasteiger partial charge in [0.25, 0.3) is 0 Å². The molecule has 2 aromatic heterocycles. The van der Waals surface area contributed by atoms with E-state index in [0.717, 1.165) is 0 Å². The fourth-order valence-corrected chi connectivity index (χ4v) is 2.07. The fourth-order valence-electron chi connectivity index (χ4n) is 2.07. The molecule has 0 saturated heterocycles. The van der Waals surface area contributed by atoms with Crippen LogP contribution in [0.5, 0.6) is 5.75 Å². The van der Waals surface area contributed by atoms with Gasteiger partial charge in [0.15, 0.2) is 11.3 Å². The molecule has 5 nitrogen and oxygen atoms in total. The number of benzene rings is 1. The molecule has 3 rings (SSSR count). The van der Waals surface area contributed by atoms with Gasteiger partial charge in [0.05, 0.1) is 11.1 Å². The summed E-state index contributed by atoms with van der Waals surface area (Å²) in [6.45, 7) is -2.96. The van der Waals surface area contributed by atoms with Crippen molar-refractivity contribution in [1.82, 2.24) is 4.98 Å². The maximum absolute atomic E-state index is 12.4. The van der Waals surface area contributed by atoms with Gasteiger partial charge in [-0.15, -0.1) is 0 Å². The zero-order valence-electron chi connectivity index (χ0n) is 9.97. The van der Waals surface area contributed by atoms with Crippen LogP contribution in [-0.4, -0.2) is 18.0 Å². The summed E-state index contributed by atoms with van der Waals surface area (Å²) in [7, 11) is 0. The molecule has 0 aliphatic heterocycles. The molecule has 0 spiro atoms. The van der Waals surface area contributed by atoms with Crippen LogP contribution < -0.4 is 10.1 Å². The lowest BCUT2D eigenvalue weighted by molar-refractivity contribution is -0.105. The highest BCUT2D eigenvalue weighted by Gasteiger charge is 2.17. The molecule has 1 amide bonds. The summed E-state index contributed by atoms with van der Waals surface area (Å²) < 4.78 is 34.8. The number of carbonyl (C=O) groups is 1. The van der Waals surface area contributed by atoms with Crippen LogP contribution in [-0.2, 0) is 4.79 Å². The lowest BCUT2D eigenvalue weighted by Gasteiger charge is -2.07. The van der Waals surface area contributed by atoms with Crippen molar-refractivity contribution in [2.45, 2.75) is 6.61 Å². The Morgan fingerprint density at radius 2 is 2.20 bits per heavy atom. The summed E-state index contributed by atoms with van der Waals surface area (Å²) in [5, 5.41) is 3.57. The van der Waals surface area contributed by atoms with Gasteiger partial charge in [0.2, 0.25) is 6.41 Å². The average Bonchev–Trinajstić information content (AvgIpc) is 2.81. The third-order valence-corrected chi connectivity index (χ3v) is 2.81. The number of hydrogen-bond donors (Lipinski definition) is 1. The number of pyridine rings is 1. The van der Waals surface area contributed by atoms with Crippen molar-refractivity contribution in [1.29, 1.82) is 0 Å². The van der Waals surface area contributed by atoms with Crippen LogP contribution in [0.15, 0.2) is 35.0 Å². The topological polar surface area (TPSA) is 64.4 Å². The Kier molecular flexibility index (Phi) is 2.94. The molecular weight excluding hydrogens is 270 g/mol. The summed E-state index contributed by atoms with van der Waals surface area (Å²) >= 11 is 0. The molecule has 2 heterocycles. The molecule has 0 unspecified atom stereocenters. The second-order valence-corrected chi connectivity index (χ2v) is 3.93. The molecule has 1 aromatic carbocycles. The number of amides is 1. The van der Waals surface area contributed by atoms with Crippen molar-refractivity contribution in [2.75, 3.05) is 5.32 Å². The van der Waals surface area contributed by atoms with Crippen molar-refractivity contribution in [2.24, 2.45) is 0 Å². The summed E-state index contributed by atoms with van der Waals surface area (Å²) in [6, 6.07) is 4.39. The third kappa shape index (κ3) is 1.93. The minimum atomic E-state index is -2.96. The van der Waals surface area contributed by atoms with Crippen LogP contribution in [0, 0.1) is 0 Å². The smallest absolute Gasteiger partial charge is 0.387 e. The highest BCUT2D eigenvalue weighted by Crippen LogP contribution is 2.39. The van der Waals surface area contributed by atoms with Crippen LogP contribution >= 0.6 is 0 Å². The summed E-state index contributed by atoms with van der Waals surface area (Å²) in [4.78, 5) is 14.6. The molecule has 1 N–H and O–H groups in total. The number of nitrogens with zero attached hydrogens (tertiary/aromatic N) is 1. The normalized spacial score (nSPS) is 11.2. The number of nitrogens with one attached hydrogen (secondary N) is 1. The number of fused-ring (bicyclic) bond motifs is 3. The number of alkyl halides is 2. The van der Waals surface area contributed by atoms with Gasteiger partial charge in [0.1, 0.15) is 5.58 Å². The first kappa shape index (κ1) is 12.3. The zero-order chi connectivity index (χ0) is 14.1. The first-order valence-corrected chi connectivity index (χ1v) is 5.65. The number of rotatable bonds is 4. The maximum atomic E-state index is 12.4. The van der Waals surface area contributed by atoms with Crippen molar-refractivity contribution >= 4 is 34.0 Å². The zero-order valence-corrected chi connectivity index (χ0v) is 9.97. The summed E-state index contributed by atoms with van der Waals surface area (Å²) in [6.07, 6.45) is 3.55. The third-order valence-electron chi connectivity index (χ3n) is 2.81. The minimum Gasteiger partial charge on any atom is -0.452 e. The molecule has 0 saturated carbocycles. The van der Waals surface area contributed by atoms with E-state index in [1.54, 1.807) is 6.07 Å². The Bertz CT molecular complexity index is 786. The van der Waals surface area contributed by atoms with Crippen LogP contribution in [0.3, 0.4) is 0 Å². The second-order valence-electron chi connectivity index (χ2n) is 3.93. The van der Waals surface area contributed by atoms with Crippen LogP contribution in [0.4, 0.5) is 14.5 Å². The second kappa shape index (κ2) is 4.76. The minimum absolute atomic E-state index is 0.0948. The molecule has 0 aliphatic rings. The monoisotopic (exact) mass is 278 g/mol.